The second-order valence-electron chi connectivity index (χ2n) is 6.58. The van der Waals surface area contributed by atoms with Gasteiger partial charge in [-0.25, -0.2) is 0 Å². The molecule has 0 saturated heterocycles. The molecule has 1 aliphatic rings. The van der Waals surface area contributed by atoms with E-state index in [0.29, 0.717) is 12.1 Å². The molecule has 0 aromatic heterocycles. The highest BCUT2D eigenvalue weighted by Gasteiger charge is 2.28. The predicted molar refractivity (Wildman–Crippen MR) is 77.9 cm³/mol. The van der Waals surface area contributed by atoms with Crippen molar-refractivity contribution >= 4 is 0 Å². The second-order valence-corrected chi connectivity index (χ2v) is 6.58. The van der Waals surface area contributed by atoms with Gasteiger partial charge in [0.1, 0.15) is 0 Å². The molecule has 0 radical (unpaired) electrons. The molecule has 0 aromatic rings. The third-order valence-corrected chi connectivity index (χ3v) is 4.03. The lowest BCUT2D eigenvalue weighted by molar-refractivity contribution is 0.100. The minimum atomic E-state index is -0.185. The number of aliphatic hydroxyl groups excluding tert-OH is 1. The number of hydrogen-bond donors (Lipinski definition) is 2. The van der Waals surface area contributed by atoms with Crippen molar-refractivity contribution in [2.75, 3.05) is 20.2 Å². The lowest BCUT2D eigenvalue weighted by atomic mass is 9.99. The number of nitrogens with one attached hydrogen (secondary N) is 1. The highest BCUT2D eigenvalue weighted by molar-refractivity contribution is 4.88. The Kier molecular flexibility index (Phi) is 6.61. The number of rotatable bonds is 6. The van der Waals surface area contributed by atoms with E-state index in [2.05, 4.69) is 38.0 Å². The fourth-order valence-electron chi connectivity index (χ4n) is 3.22. The quantitative estimate of drug-likeness (QED) is 0.716. The maximum Gasteiger partial charge on any atom is 0.0623 e. The topological polar surface area (TPSA) is 35.5 Å². The molecule has 0 amide bonds. The largest absolute Gasteiger partial charge is 0.394 e. The van der Waals surface area contributed by atoms with E-state index in [1.165, 1.54) is 38.5 Å². The van der Waals surface area contributed by atoms with Crippen molar-refractivity contribution in [1.29, 1.82) is 0 Å². The van der Waals surface area contributed by atoms with E-state index in [1.807, 2.05) is 0 Å². The van der Waals surface area contributed by atoms with Crippen LogP contribution in [0.5, 0.6) is 0 Å². The fourth-order valence-corrected chi connectivity index (χ4v) is 3.22. The molecule has 3 heteroatoms. The van der Waals surface area contributed by atoms with Crippen LogP contribution in [-0.2, 0) is 0 Å². The third kappa shape index (κ3) is 5.25. The molecular formula is C15H32N2O. The van der Waals surface area contributed by atoms with E-state index in [-0.39, 0.29) is 12.1 Å². The van der Waals surface area contributed by atoms with Crippen molar-refractivity contribution in [3.05, 3.63) is 0 Å². The zero-order chi connectivity index (χ0) is 13.6. The summed E-state index contributed by atoms with van der Waals surface area (Å²) in [5.41, 5.74) is -0.185. The van der Waals surface area contributed by atoms with Gasteiger partial charge in [0, 0.05) is 18.6 Å². The first-order valence-electron chi connectivity index (χ1n) is 7.55. The van der Waals surface area contributed by atoms with Gasteiger partial charge in [-0.15, -0.1) is 0 Å². The molecular weight excluding hydrogens is 224 g/mol. The van der Waals surface area contributed by atoms with Gasteiger partial charge >= 0.3 is 0 Å². The maximum atomic E-state index is 9.65. The summed E-state index contributed by atoms with van der Waals surface area (Å²) in [6.45, 7) is 7.52. The number of likely N-dealkylation sites (N-methyl/N-ethyl adjacent to an activating group) is 1. The van der Waals surface area contributed by atoms with E-state index in [1.54, 1.807) is 0 Å². The summed E-state index contributed by atoms with van der Waals surface area (Å²) in [6.07, 6.45) is 8.15. The molecule has 1 rings (SSSR count). The van der Waals surface area contributed by atoms with Gasteiger partial charge in [-0.1, -0.05) is 39.5 Å². The van der Waals surface area contributed by atoms with Crippen LogP contribution < -0.4 is 5.32 Å². The van der Waals surface area contributed by atoms with Crippen molar-refractivity contribution in [1.82, 2.24) is 10.2 Å². The molecule has 1 fully saturated rings. The number of nitrogens with zero attached hydrogens (tertiary/aromatic N) is 1. The van der Waals surface area contributed by atoms with E-state index in [9.17, 15) is 5.11 Å². The number of hydrogen-bond acceptors (Lipinski definition) is 3. The van der Waals surface area contributed by atoms with Crippen LogP contribution in [0.25, 0.3) is 0 Å². The summed E-state index contributed by atoms with van der Waals surface area (Å²) in [7, 11) is 2.21. The van der Waals surface area contributed by atoms with Crippen LogP contribution in [0.15, 0.2) is 0 Å². The molecule has 18 heavy (non-hydrogen) atoms. The summed E-state index contributed by atoms with van der Waals surface area (Å²) in [6, 6.07) is 1.11. The smallest absolute Gasteiger partial charge is 0.0623 e. The highest BCUT2D eigenvalue weighted by Crippen LogP contribution is 2.22. The molecule has 0 aromatic carbocycles. The maximum absolute atomic E-state index is 9.65. The average Bonchev–Trinajstić information content (AvgIpc) is 2.56. The van der Waals surface area contributed by atoms with Crippen LogP contribution in [0.2, 0.25) is 0 Å². The minimum Gasteiger partial charge on any atom is -0.394 e. The lowest BCUT2D eigenvalue weighted by Crippen LogP contribution is -2.57. The molecule has 0 bridgehead atoms. The molecule has 0 aliphatic heterocycles. The summed E-state index contributed by atoms with van der Waals surface area (Å²) >= 11 is 0. The van der Waals surface area contributed by atoms with Crippen LogP contribution >= 0.6 is 0 Å². The first-order chi connectivity index (χ1) is 8.47. The monoisotopic (exact) mass is 256 g/mol. The first kappa shape index (κ1) is 15.9. The van der Waals surface area contributed by atoms with Crippen molar-refractivity contribution in [2.45, 2.75) is 76.9 Å². The van der Waals surface area contributed by atoms with Gasteiger partial charge < -0.3 is 15.3 Å². The van der Waals surface area contributed by atoms with Crippen molar-refractivity contribution in [2.24, 2.45) is 0 Å². The van der Waals surface area contributed by atoms with Crippen molar-refractivity contribution in [3.63, 3.8) is 0 Å². The standard InChI is InChI=1S/C15H32N2O/c1-13(2)16-15(3,12-18)11-17(4)14-9-7-5-6-8-10-14/h13-14,16,18H,5-12H2,1-4H3. The Hall–Kier alpha value is -0.120. The van der Waals surface area contributed by atoms with Gasteiger partial charge in [-0.05, 0) is 26.8 Å². The molecule has 2 N–H and O–H groups in total. The molecule has 1 atom stereocenters. The average molecular weight is 256 g/mol. The van der Waals surface area contributed by atoms with E-state index in [4.69, 9.17) is 0 Å². The highest BCUT2D eigenvalue weighted by atomic mass is 16.3. The van der Waals surface area contributed by atoms with Crippen LogP contribution in [0.1, 0.15) is 59.3 Å². The Morgan fingerprint density at radius 2 is 1.78 bits per heavy atom. The summed E-state index contributed by atoms with van der Waals surface area (Å²) in [5.74, 6) is 0. The lowest BCUT2D eigenvalue weighted by Gasteiger charge is -2.38. The predicted octanol–water partition coefficient (Wildman–Crippen LogP) is 2.39. The van der Waals surface area contributed by atoms with Gasteiger partial charge in [0.15, 0.2) is 0 Å². The zero-order valence-electron chi connectivity index (χ0n) is 12.7. The molecule has 1 unspecified atom stereocenters. The minimum absolute atomic E-state index is 0.185. The second kappa shape index (κ2) is 7.46. The first-order valence-corrected chi connectivity index (χ1v) is 7.55. The zero-order valence-corrected chi connectivity index (χ0v) is 12.7. The van der Waals surface area contributed by atoms with Crippen LogP contribution in [0.4, 0.5) is 0 Å². The fraction of sp³-hybridized carbons (Fsp3) is 1.00. The number of aliphatic hydroxyl groups is 1. The van der Waals surface area contributed by atoms with Gasteiger partial charge in [-0.2, -0.15) is 0 Å². The van der Waals surface area contributed by atoms with Gasteiger partial charge in [0.05, 0.1) is 12.1 Å². The molecule has 0 spiro atoms. The van der Waals surface area contributed by atoms with Crippen LogP contribution in [0, 0.1) is 0 Å². The van der Waals surface area contributed by atoms with Gasteiger partial charge in [0.25, 0.3) is 0 Å². The van der Waals surface area contributed by atoms with E-state index >= 15 is 0 Å². The van der Waals surface area contributed by atoms with Crippen LogP contribution in [0.3, 0.4) is 0 Å². The third-order valence-electron chi connectivity index (χ3n) is 4.03. The summed E-state index contributed by atoms with van der Waals surface area (Å²) < 4.78 is 0. The van der Waals surface area contributed by atoms with E-state index in [0.717, 1.165) is 6.54 Å². The Morgan fingerprint density at radius 1 is 1.22 bits per heavy atom. The Bertz CT molecular complexity index is 225. The molecule has 0 heterocycles. The Balaban J connectivity index is 2.51. The van der Waals surface area contributed by atoms with Crippen molar-refractivity contribution < 1.29 is 5.11 Å². The Morgan fingerprint density at radius 3 is 2.22 bits per heavy atom. The van der Waals surface area contributed by atoms with Gasteiger partial charge in [-0.3, -0.25) is 0 Å². The normalized spacial score (nSPS) is 22.2. The summed E-state index contributed by atoms with van der Waals surface area (Å²) in [4.78, 5) is 2.46. The van der Waals surface area contributed by atoms with Gasteiger partial charge in [0.2, 0.25) is 0 Å². The SMILES string of the molecule is CC(C)NC(C)(CO)CN(C)C1CCCCCC1. The summed E-state index contributed by atoms with van der Waals surface area (Å²) in [5, 5.41) is 13.1. The van der Waals surface area contributed by atoms with Crippen LogP contribution in [-0.4, -0.2) is 47.8 Å². The molecule has 1 saturated carbocycles. The van der Waals surface area contributed by atoms with Crippen molar-refractivity contribution in [3.8, 4) is 0 Å². The molecule has 1 aliphatic carbocycles. The molecule has 3 nitrogen and oxygen atoms in total. The Labute approximate surface area is 113 Å². The molecule has 108 valence electrons. The van der Waals surface area contributed by atoms with E-state index < -0.39 is 0 Å².